The molecule has 0 aromatic carbocycles. The van der Waals surface area contributed by atoms with Gasteiger partial charge in [0.25, 0.3) is 0 Å². The fourth-order valence-electron chi connectivity index (χ4n) is 6.20. The molecule has 0 spiro atoms. The molecule has 0 aliphatic carbocycles. The minimum absolute atomic E-state index is 0.278. The Hall–Kier alpha value is 0.688. The van der Waals surface area contributed by atoms with Crippen LogP contribution in [0.15, 0.2) is 0 Å². The van der Waals surface area contributed by atoms with Crippen molar-refractivity contribution in [3.63, 3.8) is 0 Å². The summed E-state index contributed by atoms with van der Waals surface area (Å²) in [6.07, 6.45) is 10.6. The molecule has 0 heterocycles. The molecule has 0 radical (unpaired) electrons. The Balaban J connectivity index is 4.83. The lowest BCUT2D eigenvalue weighted by Crippen LogP contribution is -2.81. The van der Waals surface area contributed by atoms with Gasteiger partial charge in [0.05, 0.1) is 5.78 Å². The third kappa shape index (κ3) is 9.28. The molecule has 7 heteroatoms. The summed E-state index contributed by atoms with van der Waals surface area (Å²) in [5, 5.41) is 0. The predicted molar refractivity (Wildman–Crippen MR) is 153 cm³/mol. The van der Waals surface area contributed by atoms with E-state index in [-0.39, 0.29) is 5.91 Å². The number of unbranched alkanes of at least 4 members (excludes halogenated alkanes) is 7. The molecule has 0 atom stereocenters. The normalized spacial score (nSPS) is 13.6. The number of hydrogen-bond donors (Lipinski definition) is 0. The number of amides is 1. The molecule has 0 aromatic rings. The summed E-state index contributed by atoms with van der Waals surface area (Å²) in [6, 6.07) is 0. The van der Waals surface area contributed by atoms with Crippen molar-refractivity contribution < 1.29 is 4.79 Å². The number of nitrogens with zero attached hydrogens (tertiary/aromatic N) is 1. The van der Waals surface area contributed by atoms with Gasteiger partial charge in [0, 0.05) is 48.5 Å². The molecule has 0 N–H and O–H groups in total. The molecule has 2 nitrogen and oxygen atoms in total. The van der Waals surface area contributed by atoms with Gasteiger partial charge in [0.15, 0.2) is 0 Å². The summed E-state index contributed by atoms with van der Waals surface area (Å²) in [7, 11) is -3.71. The maximum atomic E-state index is 12.3. The highest BCUT2D eigenvalue weighted by Crippen LogP contribution is 2.44. The molecule has 0 saturated carbocycles. The first-order valence-corrected chi connectivity index (χ1v) is 29.7. The minimum Gasteiger partial charge on any atom is -0.342 e. The van der Waals surface area contributed by atoms with Gasteiger partial charge in [-0.05, 0) is 6.42 Å². The predicted octanol–water partition coefficient (Wildman–Crippen LogP) is 7.90. The lowest BCUT2D eigenvalue weighted by atomic mass is 10.1. The summed E-state index contributed by atoms with van der Waals surface area (Å²) in [4.78, 5) is 14.4. The van der Waals surface area contributed by atoms with Crippen molar-refractivity contribution in [2.75, 3.05) is 18.8 Å². The van der Waals surface area contributed by atoms with Gasteiger partial charge in [-0.25, -0.2) is 0 Å². The van der Waals surface area contributed by atoms with Crippen LogP contribution in [-0.2, 0) is 4.79 Å². The SMILES string of the molecule is CCCCCCCCCCN(CCS[Si]([Si](C)(C)C)([Si](C)(C)C)[Si](C)(C)C)C(C)=O. The molecule has 30 heavy (non-hydrogen) atoms. The van der Waals surface area contributed by atoms with E-state index in [2.05, 4.69) is 82.0 Å². The van der Waals surface area contributed by atoms with E-state index in [1.165, 1.54) is 57.1 Å². The highest BCUT2D eigenvalue weighted by molar-refractivity contribution is 8.50. The maximum absolute atomic E-state index is 12.3. The van der Waals surface area contributed by atoms with Crippen molar-refractivity contribution in [3.05, 3.63) is 0 Å². The summed E-state index contributed by atoms with van der Waals surface area (Å²) in [6.45, 7) is 29.9. The van der Waals surface area contributed by atoms with Gasteiger partial charge < -0.3 is 4.90 Å². The second-order valence-electron chi connectivity index (χ2n) is 12.3. The van der Waals surface area contributed by atoms with Crippen LogP contribution in [0.2, 0.25) is 58.9 Å². The quantitative estimate of drug-likeness (QED) is 0.157. The first-order chi connectivity index (χ1) is 13.6. The van der Waals surface area contributed by atoms with E-state index in [9.17, 15) is 4.79 Å². The van der Waals surface area contributed by atoms with Crippen LogP contribution in [0.3, 0.4) is 0 Å². The molecular weight excluding hydrogens is 451 g/mol. The number of carbonyl (C=O) groups excluding carboxylic acids is 1. The largest absolute Gasteiger partial charge is 0.342 e. The van der Waals surface area contributed by atoms with E-state index in [0.29, 0.717) is 0 Å². The van der Waals surface area contributed by atoms with E-state index in [1.54, 1.807) is 6.92 Å². The van der Waals surface area contributed by atoms with Crippen LogP contribution in [0, 0.1) is 0 Å². The first-order valence-electron chi connectivity index (χ1n) is 12.5. The molecule has 0 rings (SSSR count). The topological polar surface area (TPSA) is 20.3 Å². The molecule has 0 unspecified atom stereocenters. The zero-order valence-electron chi connectivity index (χ0n) is 22.5. The second kappa shape index (κ2) is 13.4. The Kier molecular flexibility index (Phi) is 13.7. The van der Waals surface area contributed by atoms with Crippen LogP contribution in [0.1, 0.15) is 65.2 Å². The fourth-order valence-corrected chi connectivity index (χ4v) is 115. The van der Waals surface area contributed by atoms with Crippen molar-refractivity contribution in [2.24, 2.45) is 0 Å². The van der Waals surface area contributed by atoms with Crippen molar-refractivity contribution in [3.8, 4) is 0 Å². The highest BCUT2D eigenvalue weighted by atomic mass is 32.4. The zero-order valence-corrected chi connectivity index (χ0v) is 27.4. The number of rotatable bonds is 16. The van der Waals surface area contributed by atoms with Crippen LogP contribution in [-0.4, -0.2) is 58.2 Å². The lowest BCUT2D eigenvalue weighted by Gasteiger charge is -2.56. The van der Waals surface area contributed by atoms with Gasteiger partial charge in [-0.15, -0.1) is 0 Å². The summed E-state index contributed by atoms with van der Waals surface area (Å²) < 4.78 is 0. The summed E-state index contributed by atoms with van der Waals surface area (Å²) in [5.74, 6) is 0.0793. The third-order valence-electron chi connectivity index (χ3n) is 6.58. The van der Waals surface area contributed by atoms with Crippen molar-refractivity contribution >= 4 is 45.7 Å². The molecule has 0 bridgehead atoms. The maximum Gasteiger partial charge on any atom is 0.219 e. The van der Waals surface area contributed by atoms with Crippen molar-refractivity contribution in [1.29, 1.82) is 0 Å². The van der Waals surface area contributed by atoms with E-state index in [0.717, 1.165) is 13.1 Å². The van der Waals surface area contributed by atoms with Crippen LogP contribution in [0.25, 0.3) is 0 Å². The Morgan fingerprint density at radius 1 is 0.667 bits per heavy atom. The Morgan fingerprint density at radius 2 is 1.07 bits per heavy atom. The minimum atomic E-state index is -1.37. The van der Waals surface area contributed by atoms with Gasteiger partial charge in [0.2, 0.25) is 5.91 Å². The van der Waals surface area contributed by atoms with Gasteiger partial charge in [-0.3, -0.25) is 4.79 Å². The van der Waals surface area contributed by atoms with Gasteiger partial charge in [-0.1, -0.05) is 111 Å². The molecule has 0 aliphatic rings. The monoisotopic (exact) mass is 505 g/mol. The lowest BCUT2D eigenvalue weighted by molar-refractivity contribution is -0.128. The van der Waals surface area contributed by atoms with Gasteiger partial charge >= 0.3 is 0 Å². The number of carbonyl (C=O) groups is 1. The molecule has 1 amide bonds. The second-order valence-corrected chi connectivity index (χ2v) is 58.5. The molecule has 0 aliphatic heterocycles. The molecule has 0 saturated heterocycles. The molecule has 0 fully saturated rings. The van der Waals surface area contributed by atoms with Crippen LogP contribution < -0.4 is 0 Å². The van der Waals surface area contributed by atoms with E-state index < -0.39 is 28.6 Å². The average Bonchev–Trinajstić information content (AvgIpc) is 2.55. The average molecular weight is 506 g/mol. The Labute approximate surface area is 197 Å². The van der Waals surface area contributed by atoms with Crippen LogP contribution in [0.4, 0.5) is 0 Å². The standard InChI is InChI=1S/C23H55NOSSi4/c1-12-13-14-15-16-17-18-19-20-24(23(2)25)21-22-26-30(27(3,4)5,28(6,7)8)29(9,10)11/h12-22H2,1-11H3. The van der Waals surface area contributed by atoms with Crippen molar-refractivity contribution in [1.82, 2.24) is 4.90 Å². The Bertz CT molecular complexity index is 459. The fraction of sp³-hybridized carbons (Fsp3) is 0.957. The van der Waals surface area contributed by atoms with Crippen LogP contribution >= 0.6 is 11.2 Å². The van der Waals surface area contributed by atoms with E-state index in [4.69, 9.17) is 0 Å². The Morgan fingerprint density at radius 3 is 1.43 bits per heavy atom. The highest BCUT2D eigenvalue weighted by Gasteiger charge is 2.62. The molecular formula is C23H55NOSSi4. The smallest absolute Gasteiger partial charge is 0.219 e. The van der Waals surface area contributed by atoms with Gasteiger partial charge in [0.1, 0.15) is 0 Å². The molecule has 0 aromatic heterocycles. The van der Waals surface area contributed by atoms with E-state index in [1.807, 2.05) is 0 Å². The van der Waals surface area contributed by atoms with E-state index >= 15 is 0 Å². The van der Waals surface area contributed by atoms with Crippen LogP contribution in [0.5, 0.6) is 0 Å². The third-order valence-corrected chi connectivity index (χ3v) is 95.6. The first kappa shape index (κ1) is 30.7. The summed E-state index contributed by atoms with van der Waals surface area (Å²) in [5.41, 5.74) is 0. The number of hydrogen-bond acceptors (Lipinski definition) is 2. The van der Waals surface area contributed by atoms with Crippen molar-refractivity contribution in [2.45, 2.75) is 124 Å². The zero-order chi connectivity index (χ0) is 23.6. The van der Waals surface area contributed by atoms with Gasteiger partial charge in [-0.2, -0.15) is 11.2 Å². The molecule has 180 valence electrons. The summed E-state index contributed by atoms with van der Waals surface area (Å²) >= 11 is 2.42.